The summed E-state index contributed by atoms with van der Waals surface area (Å²) in [6, 6.07) is 0. The summed E-state index contributed by atoms with van der Waals surface area (Å²) in [4.78, 5) is 8.68. The lowest BCUT2D eigenvalue weighted by atomic mass is 10.1. The molecule has 0 aromatic carbocycles. The third-order valence-corrected chi connectivity index (χ3v) is 2.91. The van der Waals surface area contributed by atoms with Gasteiger partial charge in [0.25, 0.3) is 0 Å². The average molecular weight is 279 g/mol. The van der Waals surface area contributed by atoms with Crippen molar-refractivity contribution in [2.75, 3.05) is 30.3 Å². The van der Waals surface area contributed by atoms with E-state index < -0.39 is 5.60 Å². The Bertz CT molecular complexity index is 567. The fourth-order valence-electron chi connectivity index (χ4n) is 1.72. The molecule has 1 unspecified atom stereocenters. The van der Waals surface area contributed by atoms with Crippen molar-refractivity contribution >= 4 is 17.3 Å². The zero-order chi connectivity index (χ0) is 14.6. The first-order valence-electron chi connectivity index (χ1n) is 6.70. The molecular weight excluding hydrogens is 258 g/mol. The van der Waals surface area contributed by atoms with Crippen LogP contribution in [0.2, 0.25) is 0 Å². The van der Waals surface area contributed by atoms with Crippen molar-refractivity contribution in [1.29, 1.82) is 0 Å². The second-order valence-corrected chi connectivity index (χ2v) is 5.07. The van der Waals surface area contributed by atoms with Crippen LogP contribution in [0, 0.1) is 0 Å². The summed E-state index contributed by atoms with van der Waals surface area (Å²) < 4.78 is 1.86. The van der Waals surface area contributed by atoms with Crippen molar-refractivity contribution in [1.82, 2.24) is 14.4 Å². The molecule has 0 radical (unpaired) electrons. The van der Waals surface area contributed by atoms with E-state index in [1.54, 1.807) is 13.1 Å². The third kappa shape index (κ3) is 3.37. The molecule has 2 rings (SSSR count). The Kier molecular flexibility index (Phi) is 4.41. The standard InChI is InChI=1S/C13H21N5O2/c1-3-4-14-10-7-18-6-5-15-12(18)11(17-10)16-8-13(2,20)9-19/h5-7,14,19-20H,3-4,8-9H2,1-2H3,(H,16,17). The van der Waals surface area contributed by atoms with Gasteiger partial charge in [0.1, 0.15) is 11.4 Å². The van der Waals surface area contributed by atoms with Crippen molar-refractivity contribution in [3.05, 3.63) is 18.6 Å². The fourth-order valence-corrected chi connectivity index (χ4v) is 1.72. The summed E-state index contributed by atoms with van der Waals surface area (Å²) in [5.74, 6) is 1.31. The maximum atomic E-state index is 9.83. The van der Waals surface area contributed by atoms with Crippen molar-refractivity contribution in [2.45, 2.75) is 25.9 Å². The number of hydrogen-bond donors (Lipinski definition) is 4. The normalized spacial score (nSPS) is 14.2. The van der Waals surface area contributed by atoms with Gasteiger partial charge in [0, 0.05) is 25.5 Å². The number of aromatic nitrogens is 3. The third-order valence-electron chi connectivity index (χ3n) is 2.91. The number of hydrogen-bond acceptors (Lipinski definition) is 6. The van der Waals surface area contributed by atoms with Gasteiger partial charge in [-0.3, -0.25) is 0 Å². The number of rotatable bonds is 7. The SMILES string of the molecule is CCCNc1cn2ccnc2c(NCC(C)(O)CO)n1. The smallest absolute Gasteiger partial charge is 0.180 e. The van der Waals surface area contributed by atoms with Gasteiger partial charge in [-0.2, -0.15) is 0 Å². The molecule has 7 nitrogen and oxygen atoms in total. The summed E-state index contributed by atoms with van der Waals surface area (Å²) in [5, 5.41) is 25.2. The topological polar surface area (TPSA) is 94.7 Å². The predicted octanol–water partition coefficient (Wildman–Crippen LogP) is 0.706. The summed E-state index contributed by atoms with van der Waals surface area (Å²) in [6.45, 7) is 4.35. The van der Waals surface area contributed by atoms with Crippen molar-refractivity contribution in [3.8, 4) is 0 Å². The first-order valence-corrected chi connectivity index (χ1v) is 6.70. The number of nitrogens with zero attached hydrogens (tertiary/aromatic N) is 3. The Morgan fingerprint density at radius 1 is 1.40 bits per heavy atom. The van der Waals surface area contributed by atoms with Crippen LogP contribution in [-0.2, 0) is 0 Å². The highest BCUT2D eigenvalue weighted by Gasteiger charge is 2.19. The Morgan fingerprint density at radius 2 is 2.20 bits per heavy atom. The molecule has 20 heavy (non-hydrogen) atoms. The van der Waals surface area contributed by atoms with Crippen molar-refractivity contribution in [2.24, 2.45) is 0 Å². The van der Waals surface area contributed by atoms with E-state index in [4.69, 9.17) is 5.11 Å². The van der Waals surface area contributed by atoms with Gasteiger partial charge in [0.2, 0.25) is 0 Å². The molecule has 4 N–H and O–H groups in total. The predicted molar refractivity (Wildman–Crippen MR) is 78.0 cm³/mol. The van der Waals surface area contributed by atoms with Crippen LogP contribution in [0.1, 0.15) is 20.3 Å². The number of aliphatic hydroxyl groups excluding tert-OH is 1. The Labute approximate surface area is 117 Å². The fraction of sp³-hybridized carbons (Fsp3) is 0.538. The lowest BCUT2D eigenvalue weighted by molar-refractivity contribution is 0.0132. The van der Waals surface area contributed by atoms with Crippen LogP contribution in [0.4, 0.5) is 11.6 Å². The van der Waals surface area contributed by atoms with Gasteiger partial charge >= 0.3 is 0 Å². The molecule has 2 aromatic rings. The second-order valence-electron chi connectivity index (χ2n) is 5.07. The number of anilines is 2. The minimum absolute atomic E-state index is 0.191. The van der Waals surface area contributed by atoms with Crippen LogP contribution in [0.25, 0.3) is 5.65 Å². The van der Waals surface area contributed by atoms with Gasteiger partial charge in [-0.15, -0.1) is 0 Å². The van der Waals surface area contributed by atoms with Gasteiger partial charge in [0.15, 0.2) is 11.5 Å². The molecule has 110 valence electrons. The molecule has 2 aromatic heterocycles. The van der Waals surface area contributed by atoms with Crippen LogP contribution >= 0.6 is 0 Å². The highest BCUT2D eigenvalue weighted by atomic mass is 16.3. The van der Waals surface area contributed by atoms with Crippen molar-refractivity contribution in [3.63, 3.8) is 0 Å². The minimum atomic E-state index is -1.20. The molecule has 0 saturated carbocycles. The number of nitrogens with one attached hydrogen (secondary N) is 2. The maximum absolute atomic E-state index is 9.83. The van der Waals surface area contributed by atoms with Gasteiger partial charge in [-0.1, -0.05) is 6.92 Å². The van der Waals surface area contributed by atoms with Crippen LogP contribution in [0.3, 0.4) is 0 Å². The number of fused-ring (bicyclic) bond motifs is 1. The van der Waals surface area contributed by atoms with Crippen LogP contribution in [0.5, 0.6) is 0 Å². The van der Waals surface area contributed by atoms with Gasteiger partial charge in [-0.05, 0) is 13.3 Å². The second kappa shape index (κ2) is 6.06. The Hall–Kier alpha value is -1.86. The molecule has 0 aliphatic carbocycles. The number of imidazole rings is 1. The average Bonchev–Trinajstić information content (AvgIpc) is 2.91. The van der Waals surface area contributed by atoms with Crippen LogP contribution < -0.4 is 10.6 Å². The van der Waals surface area contributed by atoms with Crippen LogP contribution in [-0.4, -0.2) is 49.9 Å². The summed E-state index contributed by atoms with van der Waals surface area (Å²) in [6.07, 6.45) is 6.40. The monoisotopic (exact) mass is 279 g/mol. The molecule has 1 atom stereocenters. The lowest BCUT2D eigenvalue weighted by Crippen LogP contribution is -2.37. The highest BCUT2D eigenvalue weighted by molar-refractivity contribution is 5.65. The summed E-state index contributed by atoms with van der Waals surface area (Å²) in [5.41, 5.74) is -0.515. The van der Waals surface area contributed by atoms with Crippen LogP contribution in [0.15, 0.2) is 18.6 Å². The van der Waals surface area contributed by atoms with Crippen molar-refractivity contribution < 1.29 is 10.2 Å². The Balaban J connectivity index is 2.23. The minimum Gasteiger partial charge on any atom is -0.393 e. The maximum Gasteiger partial charge on any atom is 0.180 e. The molecule has 0 bridgehead atoms. The lowest BCUT2D eigenvalue weighted by Gasteiger charge is -2.21. The molecule has 0 aliphatic heterocycles. The van der Waals surface area contributed by atoms with E-state index in [1.807, 2.05) is 16.8 Å². The molecular formula is C13H21N5O2. The molecule has 0 fully saturated rings. The molecule has 0 aliphatic rings. The van der Waals surface area contributed by atoms with E-state index in [0.717, 1.165) is 18.8 Å². The van der Waals surface area contributed by atoms with E-state index in [0.29, 0.717) is 11.5 Å². The summed E-state index contributed by atoms with van der Waals surface area (Å²) >= 11 is 0. The highest BCUT2D eigenvalue weighted by Crippen LogP contribution is 2.17. The quantitative estimate of drug-likeness (QED) is 0.596. The zero-order valence-electron chi connectivity index (χ0n) is 11.8. The van der Waals surface area contributed by atoms with Gasteiger partial charge in [0.05, 0.1) is 12.8 Å². The van der Waals surface area contributed by atoms with E-state index in [2.05, 4.69) is 27.5 Å². The van der Waals surface area contributed by atoms with E-state index in [9.17, 15) is 5.11 Å². The largest absolute Gasteiger partial charge is 0.393 e. The molecule has 0 spiro atoms. The first kappa shape index (κ1) is 14.5. The van der Waals surface area contributed by atoms with E-state index in [-0.39, 0.29) is 13.2 Å². The first-order chi connectivity index (χ1) is 9.55. The summed E-state index contributed by atoms with van der Waals surface area (Å²) in [7, 11) is 0. The van der Waals surface area contributed by atoms with E-state index >= 15 is 0 Å². The van der Waals surface area contributed by atoms with E-state index in [1.165, 1.54) is 0 Å². The molecule has 7 heteroatoms. The van der Waals surface area contributed by atoms with Gasteiger partial charge in [-0.25, -0.2) is 9.97 Å². The molecule has 2 heterocycles. The van der Waals surface area contributed by atoms with Gasteiger partial charge < -0.3 is 25.2 Å². The molecule has 0 saturated heterocycles. The Morgan fingerprint density at radius 3 is 2.90 bits per heavy atom. The number of aliphatic hydroxyl groups is 2. The molecule has 0 amide bonds. The zero-order valence-corrected chi connectivity index (χ0v) is 11.8.